The Morgan fingerprint density at radius 3 is 2.46 bits per heavy atom. The van der Waals surface area contributed by atoms with Crippen molar-refractivity contribution in [3.8, 4) is 0 Å². The number of carbonyl (C=O) groups excluding carboxylic acids is 2. The standard InChI is InChI=1S/C15H16Cl4N2O3/c1-7-4-2-3-5-8(7)20-9(22)6-24-15(23)13-11(17)10(16)12(18)14(19)21-13/h7-8H,2-6H2,1H3,(H,20,22)/t7-,8+/m0/s1. The van der Waals surface area contributed by atoms with Gasteiger partial charge >= 0.3 is 5.97 Å². The minimum Gasteiger partial charge on any atom is -0.451 e. The van der Waals surface area contributed by atoms with Gasteiger partial charge in [0.15, 0.2) is 12.3 Å². The fraction of sp³-hybridized carbons (Fsp3) is 0.533. The number of nitrogens with zero attached hydrogens (tertiary/aromatic N) is 1. The summed E-state index contributed by atoms with van der Waals surface area (Å²) in [7, 11) is 0. The highest BCUT2D eigenvalue weighted by Crippen LogP contribution is 2.36. The highest BCUT2D eigenvalue weighted by molar-refractivity contribution is 6.52. The average Bonchev–Trinajstić information content (AvgIpc) is 2.56. The summed E-state index contributed by atoms with van der Waals surface area (Å²) in [6, 6.07) is 0.103. The van der Waals surface area contributed by atoms with Gasteiger partial charge in [-0.25, -0.2) is 9.78 Å². The number of pyridine rings is 1. The van der Waals surface area contributed by atoms with Crippen molar-refractivity contribution in [3.63, 3.8) is 0 Å². The Labute approximate surface area is 159 Å². The van der Waals surface area contributed by atoms with Gasteiger partial charge in [-0.15, -0.1) is 0 Å². The van der Waals surface area contributed by atoms with Gasteiger partial charge in [0, 0.05) is 6.04 Å². The molecule has 0 radical (unpaired) electrons. The van der Waals surface area contributed by atoms with Crippen LogP contribution >= 0.6 is 46.4 Å². The number of aromatic nitrogens is 1. The van der Waals surface area contributed by atoms with Crippen molar-refractivity contribution >= 4 is 58.3 Å². The third kappa shape index (κ3) is 4.66. The molecular formula is C15H16Cl4N2O3. The second-order valence-corrected chi connectivity index (χ2v) is 7.20. The van der Waals surface area contributed by atoms with Crippen LogP contribution in [0.4, 0.5) is 0 Å². The summed E-state index contributed by atoms with van der Waals surface area (Å²) in [5, 5.41) is 2.40. The van der Waals surface area contributed by atoms with E-state index >= 15 is 0 Å². The Balaban J connectivity index is 1.94. The molecule has 5 nitrogen and oxygen atoms in total. The van der Waals surface area contributed by atoms with Crippen LogP contribution in [0.3, 0.4) is 0 Å². The highest BCUT2D eigenvalue weighted by atomic mass is 35.5. The fourth-order valence-electron chi connectivity index (χ4n) is 2.60. The van der Waals surface area contributed by atoms with Gasteiger partial charge in [0.05, 0.1) is 15.1 Å². The SMILES string of the molecule is C[C@H]1CCCC[C@H]1NC(=O)COC(=O)c1nc(Cl)c(Cl)c(Cl)c1Cl. The van der Waals surface area contributed by atoms with Gasteiger partial charge in [-0.2, -0.15) is 0 Å². The van der Waals surface area contributed by atoms with E-state index in [1.54, 1.807) is 0 Å². The van der Waals surface area contributed by atoms with E-state index in [0.29, 0.717) is 5.92 Å². The second kappa shape index (κ2) is 8.56. The smallest absolute Gasteiger partial charge is 0.359 e. The molecule has 0 aliphatic heterocycles. The molecule has 2 atom stereocenters. The molecule has 0 unspecified atom stereocenters. The van der Waals surface area contributed by atoms with Crippen LogP contribution in [0.2, 0.25) is 20.2 Å². The molecule has 1 amide bonds. The molecule has 0 spiro atoms. The lowest BCUT2D eigenvalue weighted by molar-refractivity contribution is -0.125. The number of carbonyl (C=O) groups is 2. The summed E-state index contributed by atoms with van der Waals surface area (Å²) in [5.74, 6) is -0.861. The van der Waals surface area contributed by atoms with E-state index < -0.39 is 12.6 Å². The Kier molecular flexibility index (Phi) is 6.99. The van der Waals surface area contributed by atoms with Gasteiger partial charge in [-0.05, 0) is 18.8 Å². The third-order valence-electron chi connectivity index (χ3n) is 3.97. The Hall–Kier alpha value is -0.750. The molecule has 24 heavy (non-hydrogen) atoms. The normalized spacial score (nSPS) is 20.5. The number of ether oxygens (including phenoxy) is 1. The lowest BCUT2D eigenvalue weighted by Crippen LogP contribution is -2.42. The lowest BCUT2D eigenvalue weighted by atomic mass is 9.86. The quantitative estimate of drug-likeness (QED) is 0.580. The van der Waals surface area contributed by atoms with Crippen molar-refractivity contribution in [2.24, 2.45) is 5.92 Å². The number of hydrogen-bond donors (Lipinski definition) is 1. The molecular weight excluding hydrogens is 398 g/mol. The summed E-state index contributed by atoms with van der Waals surface area (Å²) in [5.41, 5.74) is -0.282. The molecule has 2 rings (SSSR count). The molecule has 1 heterocycles. The molecule has 1 fully saturated rings. The lowest BCUT2D eigenvalue weighted by Gasteiger charge is -2.29. The molecule has 1 saturated carbocycles. The van der Waals surface area contributed by atoms with Gasteiger partial charge in [-0.3, -0.25) is 4.79 Å². The molecule has 1 N–H and O–H groups in total. The van der Waals surface area contributed by atoms with Crippen molar-refractivity contribution in [1.29, 1.82) is 0 Å². The van der Waals surface area contributed by atoms with E-state index in [4.69, 9.17) is 51.1 Å². The third-order valence-corrected chi connectivity index (χ3v) is 5.65. The first-order chi connectivity index (χ1) is 11.3. The first-order valence-electron chi connectivity index (χ1n) is 7.47. The van der Waals surface area contributed by atoms with E-state index in [2.05, 4.69) is 17.2 Å². The Bertz CT molecular complexity index is 654. The van der Waals surface area contributed by atoms with Crippen LogP contribution in [0.15, 0.2) is 0 Å². The molecule has 0 bridgehead atoms. The van der Waals surface area contributed by atoms with Gasteiger partial charge in [0.2, 0.25) is 0 Å². The van der Waals surface area contributed by atoms with Gasteiger partial charge in [-0.1, -0.05) is 66.2 Å². The molecule has 0 aromatic carbocycles. The predicted octanol–water partition coefficient (Wildman–Crippen LogP) is 4.55. The van der Waals surface area contributed by atoms with Crippen molar-refractivity contribution in [1.82, 2.24) is 10.3 Å². The van der Waals surface area contributed by atoms with Crippen LogP contribution in [-0.4, -0.2) is 29.5 Å². The van der Waals surface area contributed by atoms with Gasteiger partial charge in [0.1, 0.15) is 5.15 Å². The van der Waals surface area contributed by atoms with Crippen LogP contribution in [0.5, 0.6) is 0 Å². The maximum Gasteiger partial charge on any atom is 0.359 e. The fourth-order valence-corrected chi connectivity index (χ4v) is 3.41. The summed E-state index contributed by atoms with van der Waals surface area (Å²) in [6.07, 6.45) is 4.25. The van der Waals surface area contributed by atoms with Gasteiger partial charge < -0.3 is 10.1 Å². The maximum atomic E-state index is 12.0. The van der Waals surface area contributed by atoms with Gasteiger partial charge in [0.25, 0.3) is 5.91 Å². The van der Waals surface area contributed by atoms with Crippen LogP contribution in [0.25, 0.3) is 0 Å². The Morgan fingerprint density at radius 1 is 1.12 bits per heavy atom. The van der Waals surface area contributed by atoms with Crippen LogP contribution < -0.4 is 5.32 Å². The van der Waals surface area contributed by atoms with Crippen molar-refractivity contribution in [3.05, 3.63) is 25.9 Å². The van der Waals surface area contributed by atoms with E-state index in [0.717, 1.165) is 19.3 Å². The number of esters is 1. The largest absolute Gasteiger partial charge is 0.451 e. The summed E-state index contributed by atoms with van der Waals surface area (Å²) in [6.45, 7) is 1.66. The number of rotatable bonds is 4. The topological polar surface area (TPSA) is 68.3 Å². The van der Waals surface area contributed by atoms with E-state index in [9.17, 15) is 9.59 Å². The molecule has 132 valence electrons. The van der Waals surface area contributed by atoms with Crippen LogP contribution in [-0.2, 0) is 9.53 Å². The zero-order valence-corrected chi connectivity index (χ0v) is 15.9. The number of halogens is 4. The molecule has 1 aliphatic carbocycles. The maximum absolute atomic E-state index is 12.0. The monoisotopic (exact) mass is 412 g/mol. The molecule has 1 aromatic heterocycles. The van der Waals surface area contributed by atoms with E-state index in [1.807, 2.05) is 0 Å². The summed E-state index contributed by atoms with van der Waals surface area (Å²) < 4.78 is 4.94. The summed E-state index contributed by atoms with van der Waals surface area (Å²) in [4.78, 5) is 27.7. The summed E-state index contributed by atoms with van der Waals surface area (Å²) >= 11 is 23.3. The average molecular weight is 414 g/mol. The van der Waals surface area contributed by atoms with Crippen LogP contribution in [0.1, 0.15) is 43.1 Å². The minimum absolute atomic E-state index is 0.0519. The minimum atomic E-state index is -0.896. The molecule has 9 heteroatoms. The zero-order chi connectivity index (χ0) is 17.9. The number of nitrogens with one attached hydrogen (secondary N) is 1. The molecule has 0 saturated heterocycles. The predicted molar refractivity (Wildman–Crippen MR) is 94.1 cm³/mol. The van der Waals surface area contributed by atoms with E-state index in [-0.39, 0.29) is 37.9 Å². The second-order valence-electron chi connectivity index (χ2n) is 5.71. The van der Waals surface area contributed by atoms with Crippen molar-refractivity contribution < 1.29 is 14.3 Å². The van der Waals surface area contributed by atoms with Crippen molar-refractivity contribution in [2.45, 2.75) is 38.6 Å². The zero-order valence-electron chi connectivity index (χ0n) is 12.9. The highest BCUT2D eigenvalue weighted by Gasteiger charge is 2.25. The van der Waals surface area contributed by atoms with E-state index in [1.165, 1.54) is 6.42 Å². The first-order valence-corrected chi connectivity index (χ1v) is 8.99. The van der Waals surface area contributed by atoms with Crippen LogP contribution in [0, 0.1) is 5.92 Å². The first kappa shape index (κ1) is 19.6. The number of amides is 1. The molecule has 1 aromatic rings. The van der Waals surface area contributed by atoms with Crippen molar-refractivity contribution in [2.75, 3.05) is 6.61 Å². The Morgan fingerprint density at radius 2 is 1.79 bits per heavy atom. The number of hydrogen-bond acceptors (Lipinski definition) is 4. The molecule has 1 aliphatic rings.